The van der Waals surface area contributed by atoms with Gasteiger partial charge in [0.2, 0.25) is 0 Å². The molecule has 3 nitrogen and oxygen atoms in total. The van der Waals surface area contributed by atoms with E-state index in [1.165, 1.54) is 0 Å². The van der Waals surface area contributed by atoms with Crippen LogP contribution in [0.1, 0.15) is 24.9 Å². The smallest absolute Gasteiger partial charge is 0.115 e. The first-order chi connectivity index (χ1) is 6.62. The lowest BCUT2D eigenvalue weighted by Crippen LogP contribution is -2.49. The highest BCUT2D eigenvalue weighted by Crippen LogP contribution is 2.37. The number of furan rings is 1. The fourth-order valence-electron chi connectivity index (χ4n) is 2.05. The Morgan fingerprint density at radius 1 is 1.50 bits per heavy atom. The van der Waals surface area contributed by atoms with Crippen LogP contribution in [0.15, 0.2) is 16.5 Å². The molecule has 0 amide bonds. The third-order valence-electron chi connectivity index (χ3n) is 2.73. The highest BCUT2D eigenvalue weighted by Gasteiger charge is 2.43. The van der Waals surface area contributed by atoms with E-state index in [0.717, 1.165) is 31.2 Å². The molecule has 2 rings (SSSR count). The van der Waals surface area contributed by atoms with Crippen molar-refractivity contribution in [2.75, 3.05) is 13.2 Å². The second-order valence-electron chi connectivity index (χ2n) is 4.36. The molecule has 1 atom stereocenters. The third kappa shape index (κ3) is 1.57. The summed E-state index contributed by atoms with van der Waals surface area (Å²) < 4.78 is 10.9. The molecule has 78 valence electrons. The highest BCUT2D eigenvalue weighted by molar-refractivity contribution is 5.20. The minimum Gasteiger partial charge on any atom is -0.466 e. The monoisotopic (exact) mass is 195 g/mol. The molecule has 1 saturated heterocycles. The van der Waals surface area contributed by atoms with E-state index >= 15 is 0 Å². The van der Waals surface area contributed by atoms with Crippen LogP contribution < -0.4 is 5.73 Å². The van der Waals surface area contributed by atoms with Gasteiger partial charge in [0.15, 0.2) is 0 Å². The Bertz CT molecular complexity index is 313. The first kappa shape index (κ1) is 9.74. The van der Waals surface area contributed by atoms with Crippen molar-refractivity contribution in [2.45, 2.75) is 31.7 Å². The molecule has 1 aromatic heterocycles. The van der Waals surface area contributed by atoms with Gasteiger partial charge in [-0.05, 0) is 32.4 Å². The van der Waals surface area contributed by atoms with Gasteiger partial charge in [-0.1, -0.05) is 0 Å². The minimum atomic E-state index is 0.0441. The SMILES string of the molecule is Cc1ccc(C2(CC(C)N)COC2)o1. The quantitative estimate of drug-likeness (QED) is 0.796. The minimum absolute atomic E-state index is 0.0441. The van der Waals surface area contributed by atoms with Gasteiger partial charge in [0.05, 0.1) is 18.6 Å². The number of nitrogens with two attached hydrogens (primary N) is 1. The number of ether oxygens (including phenoxy) is 1. The molecule has 1 unspecified atom stereocenters. The maximum atomic E-state index is 5.83. The van der Waals surface area contributed by atoms with Gasteiger partial charge in [-0.15, -0.1) is 0 Å². The Labute approximate surface area is 84.2 Å². The van der Waals surface area contributed by atoms with Crippen LogP contribution in [-0.2, 0) is 10.2 Å². The van der Waals surface area contributed by atoms with Crippen LogP contribution >= 0.6 is 0 Å². The van der Waals surface area contributed by atoms with Gasteiger partial charge in [0, 0.05) is 6.04 Å². The van der Waals surface area contributed by atoms with E-state index in [1.54, 1.807) is 0 Å². The number of aryl methyl sites for hydroxylation is 1. The van der Waals surface area contributed by atoms with Gasteiger partial charge >= 0.3 is 0 Å². The standard InChI is InChI=1S/C11H17NO2/c1-8(12)5-11(6-13-7-11)10-4-3-9(2)14-10/h3-4,8H,5-7,12H2,1-2H3. The molecule has 1 aromatic rings. The number of rotatable bonds is 3. The summed E-state index contributed by atoms with van der Waals surface area (Å²) in [7, 11) is 0. The van der Waals surface area contributed by atoms with Gasteiger partial charge in [-0.2, -0.15) is 0 Å². The number of hydrogen-bond donors (Lipinski definition) is 1. The van der Waals surface area contributed by atoms with E-state index in [4.69, 9.17) is 14.9 Å². The van der Waals surface area contributed by atoms with E-state index < -0.39 is 0 Å². The summed E-state index contributed by atoms with van der Waals surface area (Å²) >= 11 is 0. The van der Waals surface area contributed by atoms with Gasteiger partial charge < -0.3 is 14.9 Å². The molecule has 0 aliphatic carbocycles. The van der Waals surface area contributed by atoms with Gasteiger partial charge in [0.1, 0.15) is 11.5 Å². The maximum Gasteiger partial charge on any atom is 0.115 e. The molecule has 0 aromatic carbocycles. The predicted molar refractivity (Wildman–Crippen MR) is 54.2 cm³/mol. The lowest BCUT2D eigenvalue weighted by Gasteiger charge is -2.40. The molecular weight excluding hydrogens is 178 g/mol. The summed E-state index contributed by atoms with van der Waals surface area (Å²) in [5.74, 6) is 1.98. The summed E-state index contributed by atoms with van der Waals surface area (Å²) in [6, 6.07) is 4.22. The molecule has 0 saturated carbocycles. The Balaban J connectivity index is 2.20. The van der Waals surface area contributed by atoms with Crippen LogP contribution in [-0.4, -0.2) is 19.3 Å². The van der Waals surface area contributed by atoms with Crippen LogP contribution in [0.4, 0.5) is 0 Å². The zero-order valence-corrected chi connectivity index (χ0v) is 8.75. The van der Waals surface area contributed by atoms with Crippen LogP contribution in [0.5, 0.6) is 0 Å². The van der Waals surface area contributed by atoms with E-state index in [2.05, 4.69) is 0 Å². The summed E-state index contributed by atoms with van der Waals surface area (Å²) in [6.45, 7) is 5.46. The molecule has 2 heterocycles. The second kappa shape index (κ2) is 3.41. The van der Waals surface area contributed by atoms with E-state index in [1.807, 2.05) is 26.0 Å². The van der Waals surface area contributed by atoms with E-state index in [0.29, 0.717) is 0 Å². The van der Waals surface area contributed by atoms with Crippen molar-refractivity contribution in [3.05, 3.63) is 23.7 Å². The van der Waals surface area contributed by atoms with Crippen LogP contribution in [0.3, 0.4) is 0 Å². The maximum absolute atomic E-state index is 5.83. The first-order valence-corrected chi connectivity index (χ1v) is 5.03. The summed E-state index contributed by atoms with van der Waals surface area (Å²) in [5.41, 5.74) is 5.88. The Kier molecular flexibility index (Phi) is 2.37. The fourth-order valence-corrected chi connectivity index (χ4v) is 2.05. The normalized spacial score (nSPS) is 21.6. The molecule has 0 bridgehead atoms. The topological polar surface area (TPSA) is 48.4 Å². The summed E-state index contributed by atoms with van der Waals surface area (Å²) in [6.07, 6.45) is 0.931. The lowest BCUT2D eigenvalue weighted by atomic mass is 9.78. The van der Waals surface area contributed by atoms with Crippen molar-refractivity contribution in [2.24, 2.45) is 5.73 Å². The van der Waals surface area contributed by atoms with Crippen molar-refractivity contribution in [3.8, 4) is 0 Å². The Morgan fingerprint density at radius 2 is 2.21 bits per heavy atom. The summed E-state index contributed by atoms with van der Waals surface area (Å²) in [4.78, 5) is 0. The Morgan fingerprint density at radius 3 is 2.57 bits per heavy atom. The van der Waals surface area contributed by atoms with Crippen LogP contribution in [0.25, 0.3) is 0 Å². The lowest BCUT2D eigenvalue weighted by molar-refractivity contribution is -0.0766. The molecule has 1 aliphatic heterocycles. The van der Waals surface area contributed by atoms with Crippen molar-refractivity contribution in [3.63, 3.8) is 0 Å². The van der Waals surface area contributed by atoms with Crippen molar-refractivity contribution >= 4 is 0 Å². The molecule has 0 spiro atoms. The van der Waals surface area contributed by atoms with E-state index in [9.17, 15) is 0 Å². The van der Waals surface area contributed by atoms with Gasteiger partial charge in [-0.25, -0.2) is 0 Å². The van der Waals surface area contributed by atoms with Crippen molar-refractivity contribution in [1.82, 2.24) is 0 Å². The zero-order chi connectivity index (χ0) is 10.2. The zero-order valence-electron chi connectivity index (χ0n) is 8.75. The summed E-state index contributed by atoms with van der Waals surface area (Å²) in [5, 5.41) is 0. The highest BCUT2D eigenvalue weighted by atomic mass is 16.5. The number of hydrogen-bond acceptors (Lipinski definition) is 3. The molecule has 2 N–H and O–H groups in total. The second-order valence-corrected chi connectivity index (χ2v) is 4.36. The molecule has 3 heteroatoms. The average Bonchev–Trinajstić information content (AvgIpc) is 2.44. The molecular formula is C11H17NO2. The van der Waals surface area contributed by atoms with E-state index in [-0.39, 0.29) is 11.5 Å². The first-order valence-electron chi connectivity index (χ1n) is 5.03. The van der Waals surface area contributed by atoms with Crippen LogP contribution in [0.2, 0.25) is 0 Å². The fraction of sp³-hybridized carbons (Fsp3) is 0.636. The molecule has 1 fully saturated rings. The largest absolute Gasteiger partial charge is 0.466 e. The Hall–Kier alpha value is -0.800. The third-order valence-corrected chi connectivity index (χ3v) is 2.73. The van der Waals surface area contributed by atoms with Crippen LogP contribution in [0, 0.1) is 6.92 Å². The molecule has 1 aliphatic rings. The van der Waals surface area contributed by atoms with Crippen molar-refractivity contribution in [1.29, 1.82) is 0 Å². The molecule has 0 radical (unpaired) electrons. The van der Waals surface area contributed by atoms with Gasteiger partial charge in [-0.3, -0.25) is 0 Å². The van der Waals surface area contributed by atoms with Crippen molar-refractivity contribution < 1.29 is 9.15 Å². The predicted octanol–water partition coefficient (Wildman–Crippen LogP) is 1.59. The molecule has 14 heavy (non-hydrogen) atoms. The average molecular weight is 195 g/mol. The van der Waals surface area contributed by atoms with Gasteiger partial charge in [0.25, 0.3) is 0 Å².